The number of phenolic OH excluding ortho intramolecular Hbond substituents is 1. The molecule has 5 nitrogen and oxygen atoms in total. The Labute approximate surface area is 118 Å². The average Bonchev–Trinajstić information content (AvgIpc) is 2.82. The number of hydrogen-bond acceptors (Lipinski definition) is 5. The van der Waals surface area contributed by atoms with Gasteiger partial charge in [0.05, 0.1) is 19.8 Å². The molecule has 0 aromatic heterocycles. The molecule has 6 heteroatoms. The Morgan fingerprint density at radius 2 is 2.15 bits per heavy atom. The number of rotatable bonds is 4. The summed E-state index contributed by atoms with van der Waals surface area (Å²) in [5.74, 6) is -0.120. The van der Waals surface area contributed by atoms with Crippen molar-refractivity contribution in [2.75, 3.05) is 34.4 Å². The lowest BCUT2D eigenvalue weighted by atomic mass is 9.97. The molecule has 1 fully saturated rings. The first kappa shape index (κ1) is 14.9. The minimum atomic E-state index is -0.655. The molecule has 0 spiro atoms. The number of phenols is 1. The van der Waals surface area contributed by atoms with E-state index in [2.05, 4.69) is 0 Å². The van der Waals surface area contributed by atoms with E-state index >= 15 is 0 Å². The predicted octanol–water partition coefficient (Wildman–Crippen LogP) is 1.50. The van der Waals surface area contributed by atoms with Crippen molar-refractivity contribution in [2.24, 2.45) is 11.7 Å². The lowest BCUT2D eigenvalue weighted by molar-refractivity contribution is 0.283. The number of aromatic hydroxyl groups is 1. The summed E-state index contributed by atoms with van der Waals surface area (Å²) in [6.07, 6.45) is 0.729. The van der Waals surface area contributed by atoms with Crippen LogP contribution in [0.15, 0.2) is 6.07 Å². The maximum Gasteiger partial charge on any atom is 0.173 e. The normalized spacial score (nSPS) is 23.1. The highest BCUT2D eigenvalue weighted by atomic mass is 19.1. The van der Waals surface area contributed by atoms with Crippen molar-refractivity contribution in [3.63, 3.8) is 0 Å². The molecule has 2 rings (SSSR count). The van der Waals surface area contributed by atoms with E-state index in [0.717, 1.165) is 13.0 Å². The zero-order valence-corrected chi connectivity index (χ0v) is 12.0. The van der Waals surface area contributed by atoms with E-state index < -0.39 is 11.6 Å². The van der Waals surface area contributed by atoms with Crippen molar-refractivity contribution >= 4 is 0 Å². The number of nitrogens with two attached hydrogens (primary N) is 1. The Morgan fingerprint density at radius 1 is 1.45 bits per heavy atom. The molecule has 2 atom stereocenters. The van der Waals surface area contributed by atoms with Crippen LogP contribution in [0.4, 0.5) is 4.39 Å². The van der Waals surface area contributed by atoms with Gasteiger partial charge >= 0.3 is 0 Å². The Kier molecular flexibility index (Phi) is 4.35. The standard InChI is InChI=1S/C14H21FN2O3/c1-17-7-8(6-16)4-9(17)12-13(15)10(18)5-11(19-2)14(12)20-3/h5,8-9,18H,4,6-7,16H2,1-3H3. The second kappa shape index (κ2) is 5.85. The lowest BCUT2D eigenvalue weighted by Gasteiger charge is -2.24. The molecule has 20 heavy (non-hydrogen) atoms. The first-order chi connectivity index (χ1) is 9.53. The summed E-state index contributed by atoms with van der Waals surface area (Å²) in [4.78, 5) is 2.03. The van der Waals surface area contributed by atoms with Crippen molar-refractivity contribution < 1.29 is 19.0 Å². The van der Waals surface area contributed by atoms with Crippen LogP contribution in [0, 0.1) is 11.7 Å². The number of hydrogen-bond donors (Lipinski definition) is 2. The monoisotopic (exact) mass is 284 g/mol. The van der Waals surface area contributed by atoms with E-state index in [1.54, 1.807) is 0 Å². The number of ether oxygens (including phenoxy) is 2. The molecule has 0 bridgehead atoms. The van der Waals surface area contributed by atoms with Gasteiger partial charge in [-0.15, -0.1) is 0 Å². The minimum absolute atomic E-state index is 0.181. The molecule has 0 radical (unpaired) electrons. The van der Waals surface area contributed by atoms with Crippen LogP contribution in [0.25, 0.3) is 0 Å². The smallest absolute Gasteiger partial charge is 0.173 e. The van der Waals surface area contributed by atoms with Crippen LogP contribution in [0.3, 0.4) is 0 Å². The fourth-order valence-corrected chi connectivity index (χ4v) is 2.90. The van der Waals surface area contributed by atoms with Gasteiger partial charge in [-0.05, 0) is 25.9 Å². The van der Waals surface area contributed by atoms with Gasteiger partial charge in [0.2, 0.25) is 0 Å². The third-order valence-electron chi connectivity index (χ3n) is 3.92. The predicted molar refractivity (Wildman–Crippen MR) is 73.7 cm³/mol. The molecule has 1 saturated heterocycles. The summed E-state index contributed by atoms with van der Waals surface area (Å²) in [6, 6.07) is 1.05. The molecule has 112 valence electrons. The molecule has 0 saturated carbocycles. The van der Waals surface area contributed by atoms with Gasteiger partial charge in [0.15, 0.2) is 23.1 Å². The van der Waals surface area contributed by atoms with Crippen molar-refractivity contribution in [1.29, 1.82) is 0 Å². The Morgan fingerprint density at radius 3 is 2.65 bits per heavy atom. The van der Waals surface area contributed by atoms with Crippen molar-refractivity contribution in [3.8, 4) is 17.2 Å². The highest BCUT2D eigenvalue weighted by Crippen LogP contribution is 2.46. The zero-order valence-electron chi connectivity index (χ0n) is 12.0. The first-order valence-electron chi connectivity index (χ1n) is 6.57. The Hall–Kier alpha value is -1.53. The first-order valence-corrected chi connectivity index (χ1v) is 6.57. The molecule has 1 aromatic carbocycles. The molecule has 1 aromatic rings. The van der Waals surface area contributed by atoms with Crippen LogP contribution >= 0.6 is 0 Å². The third-order valence-corrected chi connectivity index (χ3v) is 3.92. The van der Waals surface area contributed by atoms with E-state index in [4.69, 9.17) is 15.2 Å². The highest BCUT2D eigenvalue weighted by Gasteiger charge is 2.35. The summed E-state index contributed by atoms with van der Waals surface area (Å²) in [6.45, 7) is 1.35. The van der Waals surface area contributed by atoms with E-state index in [1.165, 1.54) is 20.3 Å². The van der Waals surface area contributed by atoms with E-state index in [0.29, 0.717) is 29.5 Å². The Balaban J connectivity index is 2.52. The molecule has 2 unspecified atom stereocenters. The van der Waals surface area contributed by atoms with E-state index in [9.17, 15) is 9.50 Å². The van der Waals surface area contributed by atoms with E-state index in [-0.39, 0.29) is 6.04 Å². The number of likely N-dealkylation sites (tertiary alicyclic amines) is 1. The van der Waals surface area contributed by atoms with Crippen molar-refractivity contribution in [3.05, 3.63) is 17.4 Å². The van der Waals surface area contributed by atoms with Crippen LogP contribution in [-0.4, -0.2) is 44.4 Å². The summed E-state index contributed by atoms with van der Waals surface area (Å²) < 4.78 is 24.8. The summed E-state index contributed by atoms with van der Waals surface area (Å²) in [5.41, 5.74) is 6.04. The van der Waals surface area contributed by atoms with Crippen molar-refractivity contribution in [2.45, 2.75) is 12.5 Å². The van der Waals surface area contributed by atoms with Gasteiger partial charge in [0, 0.05) is 18.7 Å². The van der Waals surface area contributed by atoms with Crippen LogP contribution in [0.5, 0.6) is 17.2 Å². The van der Waals surface area contributed by atoms with Gasteiger partial charge in [-0.25, -0.2) is 4.39 Å². The molecule has 1 heterocycles. The SMILES string of the molecule is COc1cc(O)c(F)c(C2CC(CN)CN2C)c1OC. The van der Waals surface area contributed by atoms with E-state index in [1.807, 2.05) is 11.9 Å². The van der Waals surface area contributed by atoms with Gasteiger partial charge in [-0.3, -0.25) is 4.90 Å². The maximum absolute atomic E-state index is 14.4. The zero-order chi connectivity index (χ0) is 14.9. The van der Waals surface area contributed by atoms with Crippen LogP contribution in [-0.2, 0) is 0 Å². The summed E-state index contributed by atoms with van der Waals surface area (Å²) >= 11 is 0. The second-order valence-electron chi connectivity index (χ2n) is 5.15. The maximum atomic E-state index is 14.4. The molecule has 0 amide bonds. The van der Waals surface area contributed by atoms with Gasteiger partial charge in [-0.1, -0.05) is 0 Å². The lowest BCUT2D eigenvalue weighted by Crippen LogP contribution is -2.21. The fourth-order valence-electron chi connectivity index (χ4n) is 2.90. The van der Waals surface area contributed by atoms with Gasteiger partial charge in [-0.2, -0.15) is 0 Å². The number of halogens is 1. The number of methoxy groups -OCH3 is 2. The van der Waals surface area contributed by atoms with Crippen LogP contribution in [0.2, 0.25) is 0 Å². The number of benzene rings is 1. The number of nitrogens with zero attached hydrogens (tertiary/aromatic N) is 1. The molecule has 0 aliphatic carbocycles. The molecule has 1 aliphatic heterocycles. The molecular formula is C14H21FN2O3. The third kappa shape index (κ3) is 2.41. The molecular weight excluding hydrogens is 263 g/mol. The van der Waals surface area contributed by atoms with Gasteiger partial charge in [0.1, 0.15) is 0 Å². The minimum Gasteiger partial charge on any atom is -0.505 e. The van der Waals surface area contributed by atoms with Gasteiger partial charge in [0.25, 0.3) is 0 Å². The average molecular weight is 284 g/mol. The van der Waals surface area contributed by atoms with Crippen molar-refractivity contribution in [1.82, 2.24) is 4.90 Å². The highest BCUT2D eigenvalue weighted by molar-refractivity contribution is 5.54. The van der Waals surface area contributed by atoms with Crippen LogP contribution in [0.1, 0.15) is 18.0 Å². The largest absolute Gasteiger partial charge is 0.505 e. The second-order valence-corrected chi connectivity index (χ2v) is 5.15. The van der Waals surface area contributed by atoms with Crippen LogP contribution < -0.4 is 15.2 Å². The summed E-state index contributed by atoms with van der Waals surface area (Å²) in [5, 5.41) is 9.75. The quantitative estimate of drug-likeness (QED) is 0.877. The van der Waals surface area contributed by atoms with Gasteiger partial charge < -0.3 is 20.3 Å². The molecule has 3 N–H and O–H groups in total. The molecule has 1 aliphatic rings. The topological polar surface area (TPSA) is 68.0 Å². The summed E-state index contributed by atoms with van der Waals surface area (Å²) in [7, 11) is 4.84. The Bertz CT molecular complexity index is 496. The fraction of sp³-hybridized carbons (Fsp3) is 0.571.